The predicted octanol–water partition coefficient (Wildman–Crippen LogP) is 6.22. The van der Waals surface area contributed by atoms with Gasteiger partial charge < -0.3 is 26.6 Å². The first-order valence-corrected chi connectivity index (χ1v) is 13.7. The predicted molar refractivity (Wildman–Crippen MR) is 157 cm³/mol. The number of hydrogen-bond donors (Lipinski definition) is 4. The molecule has 38 heavy (non-hydrogen) atoms. The van der Waals surface area contributed by atoms with Crippen LogP contribution in [-0.2, 0) is 0 Å². The Labute approximate surface area is 233 Å². The van der Waals surface area contributed by atoms with E-state index in [0.717, 1.165) is 56.6 Å². The van der Waals surface area contributed by atoms with Crippen molar-refractivity contribution in [1.82, 2.24) is 10.2 Å². The summed E-state index contributed by atoms with van der Waals surface area (Å²) in [5, 5.41) is 9.48. The van der Waals surface area contributed by atoms with Gasteiger partial charge in [0.2, 0.25) is 0 Å². The Morgan fingerprint density at radius 3 is 2.26 bits per heavy atom. The molecule has 3 aromatic carbocycles. The topological polar surface area (TPSA) is 99.5 Å². The maximum absolute atomic E-state index is 12.9. The van der Waals surface area contributed by atoms with Crippen LogP contribution >= 0.6 is 23.2 Å². The van der Waals surface area contributed by atoms with Crippen LogP contribution in [0.15, 0.2) is 72.8 Å². The molecule has 3 amide bonds. The summed E-state index contributed by atoms with van der Waals surface area (Å²) in [5.74, 6) is -0.257. The molecule has 0 unspecified atom stereocenters. The summed E-state index contributed by atoms with van der Waals surface area (Å²) in [5.41, 5.74) is 10.6. The largest absolute Gasteiger partial charge is 0.397 e. The average molecular weight is 555 g/mol. The van der Waals surface area contributed by atoms with Gasteiger partial charge in [-0.25, -0.2) is 4.79 Å². The minimum atomic E-state index is -0.257. The second-order valence-electron chi connectivity index (χ2n) is 9.65. The van der Waals surface area contributed by atoms with Gasteiger partial charge in [0.1, 0.15) is 0 Å². The molecule has 0 atom stereocenters. The lowest BCUT2D eigenvalue weighted by Crippen LogP contribution is -2.40. The molecule has 2 saturated heterocycles. The van der Waals surface area contributed by atoms with Crippen molar-refractivity contribution in [3.8, 4) is 11.1 Å². The monoisotopic (exact) mass is 553 g/mol. The van der Waals surface area contributed by atoms with E-state index in [1.165, 1.54) is 0 Å². The van der Waals surface area contributed by atoms with E-state index in [1.807, 2.05) is 47.4 Å². The van der Waals surface area contributed by atoms with Crippen LogP contribution in [0.2, 0.25) is 0 Å². The highest BCUT2D eigenvalue weighted by Gasteiger charge is 2.40. The number of anilines is 3. The van der Waals surface area contributed by atoms with Gasteiger partial charge in [0.25, 0.3) is 5.91 Å². The lowest BCUT2D eigenvalue weighted by atomic mass is 9.78. The number of nitrogens with zero attached hydrogens (tertiary/aromatic N) is 1. The summed E-state index contributed by atoms with van der Waals surface area (Å²) in [6.07, 6.45) is 3.31. The zero-order valence-electron chi connectivity index (χ0n) is 21.2. The summed E-state index contributed by atoms with van der Waals surface area (Å²) in [4.78, 5) is 27.6. The summed E-state index contributed by atoms with van der Waals surface area (Å²) >= 11 is 9.53. The van der Waals surface area contributed by atoms with Crippen molar-refractivity contribution < 1.29 is 9.59 Å². The Bertz CT molecular complexity index is 1230. The highest BCUT2D eigenvalue weighted by Crippen LogP contribution is 2.38. The molecule has 2 aliphatic rings. The fraction of sp³-hybridized carbons (Fsp3) is 0.310. The van der Waals surface area contributed by atoms with Gasteiger partial charge in [-0.3, -0.25) is 4.79 Å². The van der Waals surface area contributed by atoms with Crippen molar-refractivity contribution >= 4 is 52.2 Å². The summed E-state index contributed by atoms with van der Waals surface area (Å²) < 4.78 is 0. The molecule has 7 nitrogen and oxygen atoms in total. The minimum absolute atomic E-state index is 0.0805. The first kappa shape index (κ1) is 27.8. The lowest BCUT2D eigenvalue weighted by molar-refractivity contribution is 0.102. The van der Waals surface area contributed by atoms with Crippen LogP contribution in [0.4, 0.5) is 21.9 Å². The molecular weight excluding hydrogens is 521 g/mol. The fourth-order valence-electron chi connectivity index (χ4n) is 5.05. The van der Waals surface area contributed by atoms with E-state index >= 15 is 0 Å². The SMILES string of the molecule is ClCCl.Nc1ccc(-c2ccccc2)cc1NC(=O)c1ccc(NC(=O)N2CCC3(CCNCC3)C2)cc1. The van der Waals surface area contributed by atoms with E-state index in [9.17, 15) is 9.59 Å². The highest BCUT2D eigenvalue weighted by molar-refractivity contribution is 6.40. The third kappa shape index (κ3) is 6.98. The molecule has 5 N–H and O–H groups in total. The van der Waals surface area contributed by atoms with Crippen LogP contribution < -0.4 is 21.7 Å². The van der Waals surface area contributed by atoms with Crippen LogP contribution in [0.1, 0.15) is 29.6 Å². The van der Waals surface area contributed by atoms with Crippen LogP contribution in [0, 0.1) is 5.41 Å². The number of nitrogens with two attached hydrogens (primary N) is 1. The van der Waals surface area contributed by atoms with E-state index < -0.39 is 0 Å². The maximum atomic E-state index is 12.9. The smallest absolute Gasteiger partial charge is 0.321 e. The molecule has 3 aromatic rings. The molecule has 0 bridgehead atoms. The third-order valence-corrected chi connectivity index (χ3v) is 7.20. The molecule has 0 aromatic heterocycles. The van der Waals surface area contributed by atoms with Crippen molar-refractivity contribution in [2.24, 2.45) is 5.41 Å². The number of nitrogens with one attached hydrogen (secondary N) is 3. The highest BCUT2D eigenvalue weighted by atomic mass is 35.5. The number of rotatable bonds is 4. The van der Waals surface area contributed by atoms with Crippen LogP contribution in [0.25, 0.3) is 11.1 Å². The van der Waals surface area contributed by atoms with Crippen LogP contribution in [0.3, 0.4) is 0 Å². The number of nitrogen functional groups attached to an aromatic ring is 1. The molecule has 5 rings (SSSR count). The van der Waals surface area contributed by atoms with Crippen molar-refractivity contribution in [1.29, 1.82) is 0 Å². The standard InChI is InChI=1S/C28H31N5O2.CH2Cl2/c29-24-11-8-22(20-4-2-1-3-5-20)18-25(24)32-26(34)21-6-9-23(10-7-21)31-27(35)33-17-14-28(19-33)12-15-30-16-13-28;2-1-3/h1-11,18,30H,12-17,19,29H2,(H,31,35)(H,32,34);1H2. The molecule has 2 aliphatic heterocycles. The number of halogens is 2. The van der Waals surface area contributed by atoms with E-state index in [1.54, 1.807) is 30.3 Å². The van der Waals surface area contributed by atoms with Crippen molar-refractivity contribution in [3.05, 3.63) is 78.4 Å². The number of piperidine rings is 1. The Kier molecular flexibility index (Phi) is 9.50. The number of likely N-dealkylation sites (tertiary alicyclic amines) is 1. The number of amides is 3. The van der Waals surface area contributed by atoms with Crippen molar-refractivity contribution in [2.45, 2.75) is 19.3 Å². The quantitative estimate of drug-likeness (QED) is 0.227. The van der Waals surface area contributed by atoms with E-state index in [0.29, 0.717) is 22.6 Å². The number of carbonyl (C=O) groups excluding carboxylic acids is 2. The Morgan fingerprint density at radius 2 is 1.58 bits per heavy atom. The summed E-state index contributed by atoms with van der Waals surface area (Å²) in [6, 6.07) is 22.4. The maximum Gasteiger partial charge on any atom is 0.321 e. The van der Waals surface area contributed by atoms with Gasteiger partial charge in [-0.05, 0) is 85.3 Å². The normalized spacial score (nSPS) is 15.9. The van der Waals surface area contributed by atoms with Gasteiger partial charge >= 0.3 is 6.03 Å². The number of benzene rings is 3. The number of hydrogen-bond acceptors (Lipinski definition) is 4. The zero-order chi connectivity index (χ0) is 27.0. The molecule has 1 spiro atoms. The molecule has 0 radical (unpaired) electrons. The summed E-state index contributed by atoms with van der Waals surface area (Å²) in [7, 11) is 0. The fourth-order valence-corrected chi connectivity index (χ4v) is 5.05. The number of carbonyl (C=O) groups is 2. The first-order chi connectivity index (χ1) is 18.4. The van der Waals surface area contributed by atoms with Crippen LogP contribution in [0.5, 0.6) is 0 Å². The van der Waals surface area contributed by atoms with Gasteiger partial charge in [-0.1, -0.05) is 36.4 Å². The lowest BCUT2D eigenvalue weighted by Gasteiger charge is -2.33. The molecule has 200 valence electrons. The van der Waals surface area contributed by atoms with E-state index in [2.05, 4.69) is 16.0 Å². The molecule has 2 heterocycles. The Hall–Kier alpha value is -3.26. The van der Waals surface area contributed by atoms with E-state index in [4.69, 9.17) is 28.9 Å². The van der Waals surface area contributed by atoms with Gasteiger partial charge in [0.15, 0.2) is 0 Å². The van der Waals surface area contributed by atoms with E-state index in [-0.39, 0.29) is 22.7 Å². The second-order valence-corrected chi connectivity index (χ2v) is 10.5. The van der Waals surface area contributed by atoms with Gasteiger partial charge in [0, 0.05) is 24.3 Å². The van der Waals surface area contributed by atoms with Crippen molar-refractivity contribution in [3.63, 3.8) is 0 Å². The van der Waals surface area contributed by atoms with Crippen LogP contribution in [-0.4, -0.2) is 48.4 Å². The molecule has 0 aliphatic carbocycles. The van der Waals surface area contributed by atoms with Gasteiger partial charge in [0.05, 0.1) is 16.7 Å². The number of urea groups is 1. The Balaban J connectivity index is 0.00000107. The number of alkyl halides is 2. The van der Waals surface area contributed by atoms with Gasteiger partial charge in [-0.15, -0.1) is 23.2 Å². The average Bonchev–Trinajstić information content (AvgIpc) is 3.35. The minimum Gasteiger partial charge on any atom is -0.397 e. The molecular formula is C29H33Cl2N5O2. The van der Waals surface area contributed by atoms with Crippen molar-refractivity contribution in [2.75, 3.05) is 47.9 Å². The molecule has 0 saturated carbocycles. The first-order valence-electron chi connectivity index (χ1n) is 12.7. The zero-order valence-corrected chi connectivity index (χ0v) is 22.7. The Morgan fingerprint density at radius 1 is 0.895 bits per heavy atom. The third-order valence-electron chi connectivity index (χ3n) is 7.20. The van der Waals surface area contributed by atoms with Gasteiger partial charge in [-0.2, -0.15) is 0 Å². The molecule has 9 heteroatoms. The molecule has 2 fully saturated rings. The second kappa shape index (κ2) is 13.0. The summed E-state index contributed by atoms with van der Waals surface area (Å²) in [6.45, 7) is 3.66.